The van der Waals surface area contributed by atoms with E-state index in [2.05, 4.69) is 27.6 Å². The Balaban J connectivity index is 1.70. The summed E-state index contributed by atoms with van der Waals surface area (Å²) in [6, 6.07) is 4.33. The molecule has 1 aliphatic carbocycles. The molecule has 1 saturated heterocycles. The van der Waals surface area contributed by atoms with Crippen LogP contribution >= 0.6 is 0 Å². The molecule has 2 fully saturated rings. The zero-order chi connectivity index (χ0) is 14.9. The summed E-state index contributed by atoms with van der Waals surface area (Å²) in [5.41, 5.74) is 1.06. The lowest BCUT2D eigenvalue weighted by molar-refractivity contribution is -0.114. The summed E-state index contributed by atoms with van der Waals surface area (Å²) in [5.74, 6) is 0.829. The number of likely N-dealkylation sites (N-methyl/N-ethyl adjacent to an activating group) is 1. The minimum absolute atomic E-state index is 0.0696. The van der Waals surface area contributed by atoms with E-state index >= 15 is 0 Å². The van der Waals surface area contributed by atoms with Gasteiger partial charge in [-0.1, -0.05) is 12.8 Å². The number of carbonyl (C=O) groups excluding carboxylic acids is 1. The van der Waals surface area contributed by atoms with Gasteiger partial charge in [0.1, 0.15) is 5.82 Å². The first-order valence-corrected chi connectivity index (χ1v) is 7.82. The van der Waals surface area contributed by atoms with Gasteiger partial charge in [0.05, 0.1) is 11.9 Å². The summed E-state index contributed by atoms with van der Waals surface area (Å²) in [7, 11) is 2.25. The molecule has 5 nitrogen and oxygen atoms in total. The van der Waals surface area contributed by atoms with Gasteiger partial charge < -0.3 is 10.6 Å². The zero-order valence-corrected chi connectivity index (χ0v) is 12.9. The summed E-state index contributed by atoms with van der Waals surface area (Å²) in [6.45, 7) is 2.66. The Morgan fingerprint density at radius 1 is 1.38 bits per heavy atom. The molecule has 0 aromatic carbocycles. The van der Waals surface area contributed by atoms with Gasteiger partial charge in [0.15, 0.2) is 0 Å². The molecule has 1 unspecified atom stereocenters. The second-order valence-electron chi connectivity index (χ2n) is 6.33. The molecular formula is C16H24N4O. The summed E-state index contributed by atoms with van der Waals surface area (Å²) >= 11 is 0. The average Bonchev–Trinajstić information content (AvgIpc) is 3.05. The maximum atomic E-state index is 11.0. The molecule has 1 saturated carbocycles. The number of rotatable bonds is 3. The van der Waals surface area contributed by atoms with Crippen LogP contribution in [0.15, 0.2) is 18.3 Å². The lowest BCUT2D eigenvalue weighted by Gasteiger charge is -2.37. The Hall–Kier alpha value is -1.62. The van der Waals surface area contributed by atoms with Crippen LogP contribution in [-0.2, 0) is 4.79 Å². The minimum atomic E-state index is -0.0696. The number of amides is 1. The number of hydrogen-bond acceptors (Lipinski definition) is 4. The predicted octanol–water partition coefficient (Wildman–Crippen LogP) is 2.47. The quantitative estimate of drug-likeness (QED) is 0.897. The SMILES string of the molecule is CC(=O)Nc1ccc(NC2CCN(C)C23CCCC3)nc1. The Morgan fingerprint density at radius 2 is 2.14 bits per heavy atom. The van der Waals surface area contributed by atoms with Crippen LogP contribution in [0.3, 0.4) is 0 Å². The largest absolute Gasteiger partial charge is 0.365 e. The summed E-state index contributed by atoms with van der Waals surface area (Å²) in [6.07, 6.45) is 8.11. The van der Waals surface area contributed by atoms with E-state index in [1.165, 1.54) is 39.0 Å². The van der Waals surface area contributed by atoms with Crippen molar-refractivity contribution in [3.8, 4) is 0 Å². The number of nitrogens with one attached hydrogen (secondary N) is 2. The van der Waals surface area contributed by atoms with Gasteiger partial charge in [0, 0.05) is 25.0 Å². The average molecular weight is 288 g/mol. The topological polar surface area (TPSA) is 57.3 Å². The van der Waals surface area contributed by atoms with Crippen molar-refractivity contribution < 1.29 is 4.79 Å². The van der Waals surface area contributed by atoms with Gasteiger partial charge in [-0.15, -0.1) is 0 Å². The summed E-state index contributed by atoms with van der Waals surface area (Å²) in [4.78, 5) is 18.0. The predicted molar refractivity (Wildman–Crippen MR) is 84.4 cm³/mol. The van der Waals surface area contributed by atoms with Crippen molar-refractivity contribution >= 4 is 17.4 Å². The van der Waals surface area contributed by atoms with Crippen LogP contribution in [0, 0.1) is 0 Å². The minimum Gasteiger partial charge on any atom is -0.365 e. The van der Waals surface area contributed by atoms with Crippen LogP contribution in [-0.4, -0.2) is 41.0 Å². The first-order chi connectivity index (χ1) is 10.1. The van der Waals surface area contributed by atoms with Crippen LogP contribution in [0.1, 0.15) is 39.0 Å². The molecule has 1 aromatic rings. The molecule has 1 aliphatic heterocycles. The van der Waals surface area contributed by atoms with E-state index in [4.69, 9.17) is 0 Å². The van der Waals surface area contributed by atoms with E-state index in [1.807, 2.05) is 12.1 Å². The molecule has 5 heteroatoms. The fourth-order valence-electron chi connectivity index (χ4n) is 3.94. The van der Waals surface area contributed by atoms with Crippen molar-refractivity contribution in [1.29, 1.82) is 0 Å². The fourth-order valence-corrected chi connectivity index (χ4v) is 3.94. The van der Waals surface area contributed by atoms with E-state index in [-0.39, 0.29) is 5.91 Å². The van der Waals surface area contributed by atoms with E-state index < -0.39 is 0 Å². The highest BCUT2D eigenvalue weighted by Gasteiger charge is 2.48. The molecule has 2 N–H and O–H groups in total. The Kier molecular flexibility index (Phi) is 3.85. The van der Waals surface area contributed by atoms with Crippen LogP contribution < -0.4 is 10.6 Å². The highest BCUT2D eigenvalue weighted by atomic mass is 16.1. The van der Waals surface area contributed by atoms with Gasteiger partial charge >= 0.3 is 0 Å². The number of likely N-dealkylation sites (tertiary alicyclic amines) is 1. The van der Waals surface area contributed by atoms with E-state index in [0.29, 0.717) is 11.6 Å². The molecule has 0 radical (unpaired) electrons. The summed E-state index contributed by atoms with van der Waals surface area (Å²) in [5, 5.41) is 6.36. The Morgan fingerprint density at radius 3 is 2.76 bits per heavy atom. The van der Waals surface area contributed by atoms with Crippen LogP contribution in [0.4, 0.5) is 11.5 Å². The standard InChI is InChI=1S/C16H24N4O/c1-12(21)18-13-5-6-15(17-11-13)19-14-7-10-20(2)16(14)8-3-4-9-16/h5-6,11,14H,3-4,7-10H2,1-2H3,(H,17,19)(H,18,21). The van der Waals surface area contributed by atoms with Crippen molar-refractivity contribution in [3.05, 3.63) is 18.3 Å². The molecule has 2 aliphatic rings. The van der Waals surface area contributed by atoms with Crippen molar-refractivity contribution in [2.75, 3.05) is 24.2 Å². The first kappa shape index (κ1) is 14.3. The molecule has 21 heavy (non-hydrogen) atoms. The van der Waals surface area contributed by atoms with Crippen molar-refractivity contribution in [3.63, 3.8) is 0 Å². The van der Waals surface area contributed by atoms with Crippen LogP contribution in [0.2, 0.25) is 0 Å². The molecule has 2 heterocycles. The maximum absolute atomic E-state index is 11.0. The lowest BCUT2D eigenvalue weighted by Crippen LogP contribution is -2.49. The molecule has 1 spiro atoms. The van der Waals surface area contributed by atoms with Crippen LogP contribution in [0.25, 0.3) is 0 Å². The van der Waals surface area contributed by atoms with Gasteiger partial charge in [0.2, 0.25) is 5.91 Å². The van der Waals surface area contributed by atoms with E-state index in [9.17, 15) is 4.79 Å². The number of hydrogen-bond donors (Lipinski definition) is 2. The Bertz CT molecular complexity index is 508. The maximum Gasteiger partial charge on any atom is 0.221 e. The highest BCUT2D eigenvalue weighted by molar-refractivity contribution is 5.88. The number of pyridine rings is 1. The third-order valence-electron chi connectivity index (χ3n) is 5.04. The number of aromatic nitrogens is 1. The van der Waals surface area contributed by atoms with Crippen molar-refractivity contribution in [2.24, 2.45) is 0 Å². The van der Waals surface area contributed by atoms with Gasteiger partial charge in [0.25, 0.3) is 0 Å². The monoisotopic (exact) mass is 288 g/mol. The molecule has 1 atom stereocenters. The number of carbonyl (C=O) groups is 1. The molecule has 3 rings (SSSR count). The smallest absolute Gasteiger partial charge is 0.221 e. The van der Waals surface area contributed by atoms with E-state index in [1.54, 1.807) is 6.20 Å². The van der Waals surface area contributed by atoms with Crippen molar-refractivity contribution in [1.82, 2.24) is 9.88 Å². The third-order valence-corrected chi connectivity index (χ3v) is 5.04. The Labute approximate surface area is 126 Å². The van der Waals surface area contributed by atoms with Crippen molar-refractivity contribution in [2.45, 2.75) is 50.6 Å². The second-order valence-corrected chi connectivity index (χ2v) is 6.33. The normalized spacial score (nSPS) is 24.4. The molecule has 114 valence electrons. The highest BCUT2D eigenvalue weighted by Crippen LogP contribution is 2.43. The number of nitrogens with zero attached hydrogens (tertiary/aromatic N) is 2. The third kappa shape index (κ3) is 2.75. The molecular weight excluding hydrogens is 264 g/mol. The molecule has 1 aromatic heterocycles. The van der Waals surface area contributed by atoms with Crippen LogP contribution in [0.5, 0.6) is 0 Å². The van der Waals surface area contributed by atoms with Gasteiger partial charge in [-0.25, -0.2) is 4.98 Å². The first-order valence-electron chi connectivity index (χ1n) is 7.82. The zero-order valence-electron chi connectivity index (χ0n) is 12.9. The second kappa shape index (κ2) is 5.64. The van der Waals surface area contributed by atoms with Gasteiger partial charge in [-0.3, -0.25) is 9.69 Å². The molecule has 0 bridgehead atoms. The molecule has 1 amide bonds. The number of anilines is 2. The van der Waals surface area contributed by atoms with Gasteiger partial charge in [-0.05, 0) is 38.4 Å². The lowest BCUT2D eigenvalue weighted by atomic mass is 9.89. The summed E-state index contributed by atoms with van der Waals surface area (Å²) < 4.78 is 0. The van der Waals surface area contributed by atoms with Gasteiger partial charge in [-0.2, -0.15) is 0 Å². The van der Waals surface area contributed by atoms with E-state index in [0.717, 1.165) is 18.1 Å². The fraction of sp³-hybridized carbons (Fsp3) is 0.625.